The van der Waals surface area contributed by atoms with E-state index < -0.39 is 6.10 Å². The number of phenols is 1. The number of nitrogens with one attached hydrogen (secondary N) is 1. The average Bonchev–Trinajstić information content (AvgIpc) is 2.61. The van der Waals surface area contributed by atoms with Crippen molar-refractivity contribution in [2.45, 2.75) is 20.0 Å². The van der Waals surface area contributed by atoms with E-state index in [0.29, 0.717) is 36.8 Å². The van der Waals surface area contributed by atoms with E-state index in [1.807, 2.05) is 36.9 Å². The second-order valence-electron chi connectivity index (χ2n) is 6.17. The van der Waals surface area contributed by atoms with E-state index in [4.69, 9.17) is 4.74 Å². The second-order valence-corrected chi connectivity index (χ2v) is 6.17. The molecule has 1 amide bonds. The number of likely N-dealkylation sites (N-methyl/N-ethyl adjacent to an activating group) is 1. The van der Waals surface area contributed by atoms with Gasteiger partial charge < -0.3 is 20.1 Å². The first kappa shape index (κ1) is 17.2. The first-order valence-corrected chi connectivity index (χ1v) is 8.22. The van der Waals surface area contributed by atoms with Crippen molar-refractivity contribution in [1.29, 1.82) is 0 Å². The first-order valence-electron chi connectivity index (χ1n) is 8.22. The lowest BCUT2D eigenvalue weighted by atomic mass is 10.0. The number of phenolic OH excluding ortho intramolecular Hbond substituents is 1. The molecule has 1 aliphatic heterocycles. The molecule has 2 N–H and O–H groups in total. The molecule has 0 radical (unpaired) electrons. The fraction of sp³-hybridized carbons (Fsp3) is 0.389. The van der Waals surface area contributed by atoms with Crippen LogP contribution in [0.2, 0.25) is 0 Å². The van der Waals surface area contributed by atoms with Crippen molar-refractivity contribution in [2.75, 3.05) is 31.6 Å². The fourth-order valence-electron chi connectivity index (χ4n) is 3.08. The highest BCUT2D eigenvalue weighted by molar-refractivity contribution is 5.81. The van der Waals surface area contributed by atoms with Crippen molar-refractivity contribution < 1.29 is 14.6 Å². The standard InChI is InChI=1S/C18H22N4O3/c1-11-8-12(2)17(14(23)9-11)13-4-5-16(21-20-13)22-6-7-25-15(10-22)18(24)19-3/h4-5,8-9,15,23H,6-7,10H2,1-3H3,(H,19,24)/t15-/m0/s1. The lowest BCUT2D eigenvalue weighted by Gasteiger charge is -2.32. The normalized spacial score (nSPS) is 17.4. The predicted molar refractivity (Wildman–Crippen MR) is 94.6 cm³/mol. The number of anilines is 1. The molecule has 2 heterocycles. The van der Waals surface area contributed by atoms with Crippen molar-refractivity contribution in [3.05, 3.63) is 35.4 Å². The summed E-state index contributed by atoms with van der Waals surface area (Å²) < 4.78 is 5.48. The van der Waals surface area contributed by atoms with Crippen LogP contribution in [0.25, 0.3) is 11.3 Å². The third-order valence-corrected chi connectivity index (χ3v) is 4.29. The van der Waals surface area contributed by atoms with Crippen LogP contribution in [0.15, 0.2) is 24.3 Å². The molecule has 0 bridgehead atoms. The number of rotatable bonds is 3. The molecule has 1 aliphatic rings. The third-order valence-electron chi connectivity index (χ3n) is 4.29. The molecule has 25 heavy (non-hydrogen) atoms. The lowest BCUT2D eigenvalue weighted by molar-refractivity contribution is -0.132. The number of aryl methyl sites for hydroxylation is 2. The van der Waals surface area contributed by atoms with Crippen LogP contribution in [0.3, 0.4) is 0 Å². The smallest absolute Gasteiger partial charge is 0.250 e. The Morgan fingerprint density at radius 2 is 2.12 bits per heavy atom. The van der Waals surface area contributed by atoms with E-state index in [-0.39, 0.29) is 11.7 Å². The van der Waals surface area contributed by atoms with Gasteiger partial charge in [-0.05, 0) is 43.2 Å². The number of carbonyl (C=O) groups excluding carboxylic acids is 1. The topological polar surface area (TPSA) is 87.6 Å². The molecule has 7 nitrogen and oxygen atoms in total. The summed E-state index contributed by atoms with van der Waals surface area (Å²) in [6.45, 7) is 5.42. The van der Waals surface area contributed by atoms with E-state index in [1.54, 1.807) is 13.1 Å². The van der Waals surface area contributed by atoms with E-state index >= 15 is 0 Å². The molecule has 1 aromatic heterocycles. The van der Waals surface area contributed by atoms with Crippen molar-refractivity contribution in [3.8, 4) is 17.0 Å². The Labute approximate surface area is 146 Å². The largest absolute Gasteiger partial charge is 0.507 e. The summed E-state index contributed by atoms with van der Waals surface area (Å²) in [5, 5.41) is 21.4. The fourth-order valence-corrected chi connectivity index (χ4v) is 3.08. The molecule has 0 aliphatic carbocycles. The number of aromatic nitrogens is 2. The number of morpholine rings is 1. The quantitative estimate of drug-likeness (QED) is 0.877. The summed E-state index contributed by atoms with van der Waals surface area (Å²) in [7, 11) is 1.59. The Morgan fingerprint density at radius 3 is 2.76 bits per heavy atom. The minimum Gasteiger partial charge on any atom is -0.507 e. The number of aromatic hydroxyl groups is 1. The van der Waals surface area contributed by atoms with Crippen LogP contribution in [0.1, 0.15) is 11.1 Å². The molecule has 7 heteroatoms. The van der Waals surface area contributed by atoms with Crippen LogP contribution >= 0.6 is 0 Å². The maximum absolute atomic E-state index is 11.8. The Kier molecular flexibility index (Phi) is 4.85. The zero-order valence-corrected chi connectivity index (χ0v) is 14.6. The highest BCUT2D eigenvalue weighted by Gasteiger charge is 2.26. The van der Waals surface area contributed by atoms with Crippen molar-refractivity contribution >= 4 is 11.7 Å². The van der Waals surface area contributed by atoms with Crippen molar-refractivity contribution in [2.24, 2.45) is 0 Å². The van der Waals surface area contributed by atoms with Crippen LogP contribution in [0.4, 0.5) is 5.82 Å². The van der Waals surface area contributed by atoms with Gasteiger partial charge in [-0.25, -0.2) is 0 Å². The summed E-state index contributed by atoms with van der Waals surface area (Å²) in [4.78, 5) is 13.7. The molecule has 1 atom stereocenters. The van der Waals surface area contributed by atoms with Crippen LogP contribution in [-0.4, -0.2) is 54.1 Å². The second kappa shape index (κ2) is 7.06. The molecule has 1 fully saturated rings. The Morgan fingerprint density at radius 1 is 1.32 bits per heavy atom. The highest BCUT2D eigenvalue weighted by Crippen LogP contribution is 2.32. The van der Waals surface area contributed by atoms with Gasteiger partial charge in [0.1, 0.15) is 5.75 Å². The number of benzene rings is 1. The molecule has 2 aromatic rings. The Balaban J connectivity index is 1.82. The highest BCUT2D eigenvalue weighted by atomic mass is 16.5. The molecule has 0 spiro atoms. The van der Waals surface area contributed by atoms with Gasteiger partial charge in [0.05, 0.1) is 18.8 Å². The molecule has 1 aromatic carbocycles. The van der Waals surface area contributed by atoms with Gasteiger partial charge in [0.2, 0.25) is 0 Å². The lowest BCUT2D eigenvalue weighted by Crippen LogP contribution is -2.49. The zero-order valence-electron chi connectivity index (χ0n) is 14.6. The number of hydrogen-bond donors (Lipinski definition) is 2. The first-order chi connectivity index (χ1) is 12.0. The monoisotopic (exact) mass is 342 g/mol. The number of nitrogens with zero attached hydrogens (tertiary/aromatic N) is 3. The van der Waals surface area contributed by atoms with Crippen LogP contribution in [0.5, 0.6) is 5.75 Å². The van der Waals surface area contributed by atoms with Crippen molar-refractivity contribution in [1.82, 2.24) is 15.5 Å². The predicted octanol–water partition coefficient (Wildman–Crippen LogP) is 1.42. The Hall–Kier alpha value is -2.67. The van der Waals surface area contributed by atoms with Crippen LogP contribution in [-0.2, 0) is 9.53 Å². The summed E-state index contributed by atoms with van der Waals surface area (Å²) in [5.41, 5.74) is 3.26. The van der Waals surface area contributed by atoms with E-state index in [9.17, 15) is 9.90 Å². The minimum absolute atomic E-state index is 0.144. The maximum atomic E-state index is 11.8. The molecule has 3 rings (SSSR count). The van der Waals surface area contributed by atoms with Gasteiger partial charge in [0.15, 0.2) is 11.9 Å². The van der Waals surface area contributed by atoms with Gasteiger partial charge in [-0.1, -0.05) is 6.07 Å². The summed E-state index contributed by atoms with van der Waals surface area (Å²) in [5.74, 6) is 0.741. The van der Waals surface area contributed by atoms with E-state index in [2.05, 4.69) is 15.5 Å². The van der Waals surface area contributed by atoms with Crippen LogP contribution in [0, 0.1) is 13.8 Å². The van der Waals surface area contributed by atoms with Gasteiger partial charge in [-0.15, -0.1) is 10.2 Å². The summed E-state index contributed by atoms with van der Waals surface area (Å²) >= 11 is 0. The summed E-state index contributed by atoms with van der Waals surface area (Å²) in [6, 6.07) is 7.41. The Bertz CT molecular complexity index is 753. The van der Waals surface area contributed by atoms with Gasteiger partial charge in [-0.2, -0.15) is 0 Å². The summed E-state index contributed by atoms with van der Waals surface area (Å²) in [6.07, 6.45) is -0.511. The third kappa shape index (κ3) is 3.56. The molecule has 132 valence electrons. The molecule has 0 unspecified atom stereocenters. The molecule has 0 saturated carbocycles. The number of ether oxygens (including phenoxy) is 1. The maximum Gasteiger partial charge on any atom is 0.250 e. The SMILES string of the molecule is CNC(=O)[C@@H]1CN(c2ccc(-c3c(C)cc(C)cc3O)nn2)CCO1. The zero-order chi connectivity index (χ0) is 18.0. The van der Waals surface area contributed by atoms with Gasteiger partial charge >= 0.3 is 0 Å². The van der Waals surface area contributed by atoms with E-state index in [0.717, 1.165) is 11.1 Å². The minimum atomic E-state index is -0.511. The number of hydrogen-bond acceptors (Lipinski definition) is 6. The van der Waals surface area contributed by atoms with Gasteiger partial charge in [-0.3, -0.25) is 4.79 Å². The van der Waals surface area contributed by atoms with Gasteiger partial charge in [0.25, 0.3) is 5.91 Å². The molecule has 1 saturated heterocycles. The molecular formula is C18H22N4O3. The number of amides is 1. The van der Waals surface area contributed by atoms with E-state index in [1.165, 1.54) is 0 Å². The average molecular weight is 342 g/mol. The van der Waals surface area contributed by atoms with Gasteiger partial charge in [0, 0.05) is 19.2 Å². The molecular weight excluding hydrogens is 320 g/mol. The van der Waals surface area contributed by atoms with Crippen LogP contribution < -0.4 is 10.2 Å². The number of carbonyl (C=O) groups is 1. The van der Waals surface area contributed by atoms with Crippen molar-refractivity contribution in [3.63, 3.8) is 0 Å².